The molecule has 0 aliphatic carbocycles. The van der Waals surface area contributed by atoms with Gasteiger partial charge < -0.3 is 14.4 Å². The average Bonchev–Trinajstić information content (AvgIpc) is 3.48. The number of benzene rings is 2. The third-order valence-electron chi connectivity index (χ3n) is 5.55. The molecule has 1 atom stereocenters. The number of nitriles is 1. The van der Waals surface area contributed by atoms with Gasteiger partial charge in [-0.25, -0.2) is 4.90 Å². The molecule has 0 radical (unpaired) electrons. The number of amides is 3. The van der Waals surface area contributed by atoms with Crippen LogP contribution in [0.4, 0.5) is 5.69 Å². The summed E-state index contributed by atoms with van der Waals surface area (Å²) in [6, 6.07) is 15.8. The van der Waals surface area contributed by atoms with Crippen molar-refractivity contribution in [2.24, 2.45) is 0 Å². The summed E-state index contributed by atoms with van der Waals surface area (Å²) in [6.07, 6.45) is -0.136. The molecule has 9 heteroatoms. The zero-order valence-electron chi connectivity index (χ0n) is 18.6. The zero-order chi connectivity index (χ0) is 24.2. The Bertz CT molecular complexity index is 1260. The number of carbonyl (C=O) groups is 3. The Labute approximate surface area is 200 Å². The molecule has 34 heavy (non-hydrogen) atoms. The predicted molar refractivity (Wildman–Crippen MR) is 126 cm³/mol. The molecule has 0 saturated carbocycles. The number of rotatable bonds is 7. The number of methoxy groups -OCH3 is 2. The topological polar surface area (TPSA) is 99.9 Å². The average molecular weight is 476 g/mol. The molecular formula is C25H21N3O5S. The van der Waals surface area contributed by atoms with E-state index < -0.39 is 23.8 Å². The molecule has 0 bridgehead atoms. The third-order valence-corrected chi connectivity index (χ3v) is 6.41. The minimum Gasteiger partial charge on any atom is -0.493 e. The molecule has 1 unspecified atom stereocenters. The van der Waals surface area contributed by atoms with E-state index in [1.165, 1.54) is 30.5 Å². The SMILES string of the molecule is COc1ccc(C(=O)N(Cc2cccs2)C2CC(=O)N(c3ccc(C#N)cc3)C2=O)cc1OC. The summed E-state index contributed by atoms with van der Waals surface area (Å²) in [5, 5.41) is 10.9. The highest BCUT2D eigenvalue weighted by molar-refractivity contribution is 7.09. The van der Waals surface area contributed by atoms with Gasteiger partial charge in [0.2, 0.25) is 5.91 Å². The molecule has 2 aromatic carbocycles. The number of ether oxygens (including phenoxy) is 2. The number of imide groups is 1. The molecule has 8 nitrogen and oxygen atoms in total. The predicted octanol–water partition coefficient (Wildman–Crippen LogP) is 3.61. The van der Waals surface area contributed by atoms with Crippen LogP contribution in [0.2, 0.25) is 0 Å². The molecule has 1 fully saturated rings. The van der Waals surface area contributed by atoms with Crippen molar-refractivity contribution in [3.05, 3.63) is 76.0 Å². The summed E-state index contributed by atoms with van der Waals surface area (Å²) in [7, 11) is 2.98. The van der Waals surface area contributed by atoms with Crippen molar-refractivity contribution in [1.29, 1.82) is 5.26 Å². The summed E-state index contributed by atoms with van der Waals surface area (Å²) in [4.78, 5) is 43.3. The molecule has 1 aliphatic heterocycles. The quantitative estimate of drug-likeness (QED) is 0.484. The summed E-state index contributed by atoms with van der Waals surface area (Å²) < 4.78 is 10.6. The first-order valence-corrected chi connectivity index (χ1v) is 11.3. The second-order valence-electron chi connectivity index (χ2n) is 7.53. The van der Waals surface area contributed by atoms with Gasteiger partial charge in [-0.05, 0) is 53.9 Å². The van der Waals surface area contributed by atoms with Crippen LogP contribution in [-0.2, 0) is 16.1 Å². The number of anilines is 1. The molecule has 1 aliphatic rings. The van der Waals surface area contributed by atoms with E-state index in [4.69, 9.17) is 14.7 Å². The zero-order valence-corrected chi connectivity index (χ0v) is 19.4. The van der Waals surface area contributed by atoms with Crippen molar-refractivity contribution in [2.45, 2.75) is 19.0 Å². The maximum Gasteiger partial charge on any atom is 0.257 e. The fraction of sp³-hybridized carbons (Fsp3) is 0.200. The van der Waals surface area contributed by atoms with E-state index in [9.17, 15) is 14.4 Å². The van der Waals surface area contributed by atoms with Gasteiger partial charge in [-0.3, -0.25) is 14.4 Å². The second-order valence-corrected chi connectivity index (χ2v) is 8.56. The molecule has 1 aromatic heterocycles. The first-order valence-electron chi connectivity index (χ1n) is 10.4. The number of hydrogen-bond acceptors (Lipinski definition) is 7. The minimum absolute atomic E-state index is 0.136. The lowest BCUT2D eigenvalue weighted by Crippen LogP contribution is -2.45. The highest BCUT2D eigenvalue weighted by Crippen LogP contribution is 2.31. The van der Waals surface area contributed by atoms with Gasteiger partial charge in [0.05, 0.1) is 44.5 Å². The number of carbonyl (C=O) groups excluding carboxylic acids is 3. The van der Waals surface area contributed by atoms with Gasteiger partial charge >= 0.3 is 0 Å². The smallest absolute Gasteiger partial charge is 0.257 e. The second kappa shape index (κ2) is 9.77. The number of hydrogen-bond donors (Lipinski definition) is 0. The molecule has 1 saturated heterocycles. The van der Waals surface area contributed by atoms with E-state index in [2.05, 4.69) is 0 Å². The summed E-state index contributed by atoms with van der Waals surface area (Å²) in [5.74, 6) is -0.432. The normalized spacial score (nSPS) is 15.2. The lowest BCUT2D eigenvalue weighted by atomic mass is 10.1. The maximum atomic E-state index is 13.6. The monoisotopic (exact) mass is 475 g/mol. The third kappa shape index (κ3) is 4.36. The van der Waals surface area contributed by atoms with Gasteiger partial charge in [0.15, 0.2) is 11.5 Å². The Morgan fingerprint density at radius 3 is 2.47 bits per heavy atom. The molecule has 3 aromatic rings. The van der Waals surface area contributed by atoms with Crippen molar-refractivity contribution < 1.29 is 23.9 Å². The molecule has 4 rings (SSSR count). The highest BCUT2D eigenvalue weighted by atomic mass is 32.1. The summed E-state index contributed by atoms with van der Waals surface area (Å²) in [5.41, 5.74) is 1.10. The van der Waals surface area contributed by atoms with Crippen molar-refractivity contribution in [3.63, 3.8) is 0 Å². The largest absolute Gasteiger partial charge is 0.493 e. The van der Waals surface area contributed by atoms with Crippen molar-refractivity contribution in [1.82, 2.24) is 4.90 Å². The molecule has 172 valence electrons. The Hall–Kier alpha value is -4.16. The summed E-state index contributed by atoms with van der Waals surface area (Å²) in [6.45, 7) is 0.176. The van der Waals surface area contributed by atoms with E-state index in [0.29, 0.717) is 28.3 Å². The fourth-order valence-corrected chi connectivity index (χ4v) is 4.55. The minimum atomic E-state index is -0.967. The fourth-order valence-electron chi connectivity index (χ4n) is 3.84. The van der Waals surface area contributed by atoms with Gasteiger partial charge in [-0.1, -0.05) is 6.07 Å². The van der Waals surface area contributed by atoms with Crippen molar-refractivity contribution in [2.75, 3.05) is 19.1 Å². The Morgan fingerprint density at radius 2 is 1.85 bits per heavy atom. The van der Waals surface area contributed by atoms with Crippen molar-refractivity contribution in [3.8, 4) is 17.6 Å². The molecule has 0 N–H and O–H groups in total. The van der Waals surface area contributed by atoms with Crippen LogP contribution in [0.25, 0.3) is 0 Å². The van der Waals surface area contributed by atoms with Crippen LogP contribution in [-0.4, -0.2) is 42.9 Å². The molecular weight excluding hydrogens is 454 g/mol. The summed E-state index contributed by atoms with van der Waals surface area (Å²) >= 11 is 1.46. The first kappa shape index (κ1) is 23.0. The van der Waals surface area contributed by atoms with Crippen LogP contribution in [0.3, 0.4) is 0 Å². The van der Waals surface area contributed by atoms with E-state index in [1.807, 2.05) is 23.6 Å². The highest BCUT2D eigenvalue weighted by Gasteiger charge is 2.44. The van der Waals surface area contributed by atoms with Crippen LogP contribution in [0, 0.1) is 11.3 Å². The first-order chi connectivity index (χ1) is 16.5. The Kier molecular flexibility index (Phi) is 6.61. The van der Waals surface area contributed by atoms with E-state index in [1.54, 1.807) is 42.5 Å². The van der Waals surface area contributed by atoms with Gasteiger partial charge in [-0.2, -0.15) is 5.26 Å². The Morgan fingerprint density at radius 1 is 1.12 bits per heavy atom. The number of thiophene rings is 1. The van der Waals surface area contributed by atoms with Crippen LogP contribution in [0.5, 0.6) is 11.5 Å². The maximum absolute atomic E-state index is 13.6. The van der Waals surface area contributed by atoms with E-state index in [-0.39, 0.29) is 13.0 Å². The van der Waals surface area contributed by atoms with Crippen LogP contribution in [0.15, 0.2) is 60.0 Å². The van der Waals surface area contributed by atoms with Gasteiger partial charge in [0.25, 0.3) is 11.8 Å². The lowest BCUT2D eigenvalue weighted by molar-refractivity contribution is -0.122. The molecule has 3 amide bonds. The van der Waals surface area contributed by atoms with Gasteiger partial charge in [0, 0.05) is 10.4 Å². The van der Waals surface area contributed by atoms with Crippen LogP contribution in [0.1, 0.15) is 27.2 Å². The van der Waals surface area contributed by atoms with Gasteiger partial charge in [0.1, 0.15) is 6.04 Å². The van der Waals surface area contributed by atoms with Gasteiger partial charge in [-0.15, -0.1) is 11.3 Å². The van der Waals surface area contributed by atoms with E-state index >= 15 is 0 Å². The standard InChI is InChI=1S/C25H21N3O5S/c1-32-21-10-7-17(12-22(21)33-2)24(30)27(15-19-4-3-11-34-19)20-13-23(29)28(25(20)31)18-8-5-16(14-26)6-9-18/h3-12,20H,13,15H2,1-2H3. The number of nitrogens with zero attached hydrogens (tertiary/aromatic N) is 3. The Balaban J connectivity index is 1.68. The molecule has 2 heterocycles. The van der Waals surface area contributed by atoms with Crippen LogP contribution >= 0.6 is 11.3 Å². The van der Waals surface area contributed by atoms with Crippen LogP contribution < -0.4 is 14.4 Å². The van der Waals surface area contributed by atoms with E-state index in [0.717, 1.165) is 9.78 Å². The molecule has 0 spiro atoms. The lowest BCUT2D eigenvalue weighted by Gasteiger charge is -2.27. The van der Waals surface area contributed by atoms with Crippen molar-refractivity contribution >= 4 is 34.7 Å².